The van der Waals surface area contributed by atoms with Gasteiger partial charge in [-0.25, -0.2) is 4.98 Å². The smallest absolute Gasteiger partial charge is 0.173 e. The lowest BCUT2D eigenvalue weighted by molar-refractivity contribution is 0.318. The van der Waals surface area contributed by atoms with E-state index < -0.39 is 0 Å². The number of oxime groups is 1. The van der Waals surface area contributed by atoms with Crippen molar-refractivity contribution in [2.24, 2.45) is 10.9 Å². The van der Waals surface area contributed by atoms with E-state index in [1.807, 2.05) is 17.8 Å². The molecule has 1 fully saturated rings. The van der Waals surface area contributed by atoms with Crippen molar-refractivity contribution >= 4 is 23.4 Å². The number of anilines is 1. The van der Waals surface area contributed by atoms with E-state index in [4.69, 9.17) is 10.9 Å². The summed E-state index contributed by atoms with van der Waals surface area (Å²) >= 11 is 1.96. The molecule has 0 spiro atoms. The van der Waals surface area contributed by atoms with Crippen LogP contribution in [-0.2, 0) is 0 Å². The zero-order valence-corrected chi connectivity index (χ0v) is 10.5. The zero-order valence-electron chi connectivity index (χ0n) is 9.71. The summed E-state index contributed by atoms with van der Waals surface area (Å²) < 4.78 is 0. The highest BCUT2D eigenvalue weighted by atomic mass is 32.2. The van der Waals surface area contributed by atoms with E-state index in [1.165, 1.54) is 0 Å². The van der Waals surface area contributed by atoms with Crippen molar-refractivity contribution in [2.75, 3.05) is 23.7 Å². The lowest BCUT2D eigenvalue weighted by Crippen LogP contribution is -2.38. The third-order valence-corrected chi connectivity index (χ3v) is 3.85. The van der Waals surface area contributed by atoms with Gasteiger partial charge in [0.1, 0.15) is 5.82 Å². The van der Waals surface area contributed by atoms with Crippen molar-refractivity contribution in [1.29, 1.82) is 0 Å². The summed E-state index contributed by atoms with van der Waals surface area (Å²) in [4.78, 5) is 6.54. The molecule has 2 heterocycles. The minimum absolute atomic E-state index is 0.110. The number of thioether (sulfide) groups is 1. The van der Waals surface area contributed by atoms with Crippen LogP contribution >= 0.6 is 11.8 Å². The first kappa shape index (κ1) is 12.0. The highest BCUT2D eigenvalue weighted by Crippen LogP contribution is 2.24. The molecule has 1 aliphatic heterocycles. The summed E-state index contributed by atoms with van der Waals surface area (Å²) in [5.74, 6) is 1.99. The summed E-state index contributed by atoms with van der Waals surface area (Å²) in [5, 5.41) is 12.4. The van der Waals surface area contributed by atoms with Crippen LogP contribution < -0.4 is 10.6 Å². The van der Waals surface area contributed by atoms with Gasteiger partial charge in [0, 0.05) is 30.3 Å². The average Bonchev–Trinajstić information content (AvgIpc) is 2.38. The molecule has 0 saturated carbocycles. The molecule has 1 saturated heterocycles. The first-order valence-corrected chi connectivity index (χ1v) is 6.56. The molecule has 1 aliphatic rings. The average molecular weight is 252 g/mol. The van der Waals surface area contributed by atoms with E-state index in [2.05, 4.69) is 22.0 Å². The standard InChI is InChI=1S/C11H16N4OS/c1-8-7-15(5-6-17-8)11-9(10(12)14-16)3-2-4-13-11/h2-4,8,16H,5-7H2,1H3,(H2,12,14). The molecule has 0 amide bonds. The summed E-state index contributed by atoms with van der Waals surface area (Å²) in [7, 11) is 0. The van der Waals surface area contributed by atoms with Crippen LogP contribution in [0.15, 0.2) is 23.5 Å². The molecule has 1 atom stereocenters. The number of nitrogens with zero attached hydrogens (tertiary/aromatic N) is 3. The van der Waals surface area contributed by atoms with Crippen LogP contribution in [0.5, 0.6) is 0 Å². The molecule has 0 aliphatic carbocycles. The van der Waals surface area contributed by atoms with Gasteiger partial charge in [-0.1, -0.05) is 12.1 Å². The molecule has 1 unspecified atom stereocenters. The Morgan fingerprint density at radius 2 is 2.53 bits per heavy atom. The Morgan fingerprint density at radius 1 is 1.71 bits per heavy atom. The molecular formula is C11H16N4OS. The number of amidine groups is 1. The van der Waals surface area contributed by atoms with E-state index in [-0.39, 0.29) is 5.84 Å². The fourth-order valence-electron chi connectivity index (χ4n) is 1.91. The fraction of sp³-hybridized carbons (Fsp3) is 0.455. The van der Waals surface area contributed by atoms with Gasteiger partial charge in [0.05, 0.1) is 5.56 Å². The second-order valence-corrected chi connectivity index (χ2v) is 5.53. The number of rotatable bonds is 2. The van der Waals surface area contributed by atoms with Gasteiger partial charge in [-0.3, -0.25) is 0 Å². The van der Waals surface area contributed by atoms with Crippen molar-refractivity contribution in [2.45, 2.75) is 12.2 Å². The molecule has 5 nitrogen and oxygen atoms in total. The Balaban J connectivity index is 2.31. The van der Waals surface area contributed by atoms with Crippen LogP contribution in [0.3, 0.4) is 0 Å². The predicted molar refractivity (Wildman–Crippen MR) is 70.9 cm³/mol. The molecule has 0 aromatic carbocycles. The zero-order chi connectivity index (χ0) is 12.3. The summed E-state index contributed by atoms with van der Waals surface area (Å²) in [5.41, 5.74) is 6.35. The van der Waals surface area contributed by atoms with Crippen molar-refractivity contribution in [1.82, 2.24) is 4.98 Å². The lowest BCUT2D eigenvalue weighted by atomic mass is 10.2. The van der Waals surface area contributed by atoms with Gasteiger partial charge in [0.15, 0.2) is 5.84 Å². The number of pyridine rings is 1. The molecule has 1 aromatic rings. The van der Waals surface area contributed by atoms with Gasteiger partial charge in [-0.15, -0.1) is 0 Å². The normalized spacial score (nSPS) is 21.6. The Morgan fingerprint density at radius 3 is 3.24 bits per heavy atom. The molecule has 1 aromatic heterocycles. The topological polar surface area (TPSA) is 74.7 Å². The van der Waals surface area contributed by atoms with Gasteiger partial charge >= 0.3 is 0 Å². The van der Waals surface area contributed by atoms with Crippen molar-refractivity contribution in [3.63, 3.8) is 0 Å². The molecule has 92 valence electrons. The van der Waals surface area contributed by atoms with Gasteiger partial charge < -0.3 is 15.8 Å². The number of nitrogens with two attached hydrogens (primary N) is 1. The quantitative estimate of drug-likeness (QED) is 0.357. The minimum Gasteiger partial charge on any atom is -0.409 e. The van der Waals surface area contributed by atoms with Crippen molar-refractivity contribution in [3.8, 4) is 0 Å². The maximum atomic E-state index is 8.78. The van der Waals surface area contributed by atoms with Crippen LogP contribution in [0.1, 0.15) is 12.5 Å². The van der Waals surface area contributed by atoms with E-state index in [0.29, 0.717) is 10.8 Å². The van der Waals surface area contributed by atoms with Crippen LogP contribution in [-0.4, -0.2) is 40.1 Å². The molecule has 17 heavy (non-hydrogen) atoms. The Bertz CT molecular complexity index is 424. The summed E-state index contributed by atoms with van der Waals surface area (Å²) in [6, 6.07) is 3.61. The van der Waals surface area contributed by atoms with Crippen molar-refractivity contribution < 1.29 is 5.21 Å². The maximum Gasteiger partial charge on any atom is 0.173 e. The Labute approximate surface area is 105 Å². The highest BCUT2D eigenvalue weighted by molar-refractivity contribution is 8.00. The second kappa shape index (κ2) is 5.27. The van der Waals surface area contributed by atoms with E-state index in [1.54, 1.807) is 12.3 Å². The first-order valence-electron chi connectivity index (χ1n) is 5.52. The molecule has 0 bridgehead atoms. The Hall–Kier alpha value is -1.43. The van der Waals surface area contributed by atoms with Crippen LogP contribution in [0.2, 0.25) is 0 Å². The summed E-state index contributed by atoms with van der Waals surface area (Å²) in [6.07, 6.45) is 1.73. The van der Waals surface area contributed by atoms with Crippen LogP contribution in [0.4, 0.5) is 5.82 Å². The number of hydrogen-bond acceptors (Lipinski definition) is 5. The predicted octanol–water partition coefficient (Wildman–Crippen LogP) is 1.12. The summed E-state index contributed by atoms with van der Waals surface area (Å²) in [6.45, 7) is 4.08. The van der Waals surface area contributed by atoms with Gasteiger partial charge in [-0.2, -0.15) is 11.8 Å². The molecule has 6 heteroatoms. The van der Waals surface area contributed by atoms with Crippen molar-refractivity contribution in [3.05, 3.63) is 23.9 Å². The van der Waals surface area contributed by atoms with E-state index >= 15 is 0 Å². The van der Waals surface area contributed by atoms with Crippen LogP contribution in [0, 0.1) is 0 Å². The fourth-order valence-corrected chi connectivity index (χ4v) is 2.93. The van der Waals surface area contributed by atoms with E-state index in [9.17, 15) is 0 Å². The van der Waals surface area contributed by atoms with Gasteiger partial charge in [-0.05, 0) is 12.1 Å². The SMILES string of the molecule is CC1CN(c2ncccc2/C(N)=N/O)CCS1. The monoisotopic (exact) mass is 252 g/mol. The molecular weight excluding hydrogens is 236 g/mol. The largest absolute Gasteiger partial charge is 0.409 e. The van der Waals surface area contributed by atoms with Gasteiger partial charge in [0.25, 0.3) is 0 Å². The number of aromatic nitrogens is 1. The third-order valence-electron chi connectivity index (χ3n) is 2.71. The van der Waals surface area contributed by atoms with Crippen LogP contribution in [0.25, 0.3) is 0 Å². The lowest BCUT2D eigenvalue weighted by Gasteiger charge is -2.32. The number of hydrogen-bond donors (Lipinski definition) is 2. The third kappa shape index (κ3) is 2.63. The molecule has 3 N–H and O–H groups in total. The van der Waals surface area contributed by atoms with E-state index in [0.717, 1.165) is 24.7 Å². The maximum absolute atomic E-state index is 8.78. The molecule has 2 rings (SSSR count). The first-order chi connectivity index (χ1) is 8.22. The highest BCUT2D eigenvalue weighted by Gasteiger charge is 2.21. The minimum atomic E-state index is 0.110. The second-order valence-electron chi connectivity index (χ2n) is 3.99. The Kier molecular flexibility index (Phi) is 3.73. The van der Waals surface area contributed by atoms with Gasteiger partial charge in [0.2, 0.25) is 0 Å². The molecule has 0 radical (unpaired) electrons.